The van der Waals surface area contributed by atoms with Crippen molar-refractivity contribution in [3.8, 4) is 0 Å². The average Bonchev–Trinajstić information content (AvgIpc) is 2.97. The van der Waals surface area contributed by atoms with Crippen molar-refractivity contribution in [1.29, 1.82) is 0 Å². The van der Waals surface area contributed by atoms with Crippen LogP contribution < -0.4 is 0 Å². The second kappa shape index (κ2) is 6.24. The number of furan rings is 1. The van der Waals surface area contributed by atoms with Crippen molar-refractivity contribution in [1.82, 2.24) is 4.90 Å². The van der Waals surface area contributed by atoms with Crippen LogP contribution in [0.4, 0.5) is 4.39 Å². The molecule has 0 bridgehead atoms. The van der Waals surface area contributed by atoms with E-state index in [0.29, 0.717) is 5.56 Å². The molecule has 1 atom stereocenters. The van der Waals surface area contributed by atoms with E-state index in [1.54, 1.807) is 24.1 Å². The number of hydrogen-bond donors (Lipinski definition) is 0. The Balaban J connectivity index is 1.75. The van der Waals surface area contributed by atoms with E-state index in [0.717, 1.165) is 16.7 Å². The molecular formula is C19H18FNO2. The number of hydrogen-bond acceptors (Lipinski definition) is 2. The van der Waals surface area contributed by atoms with Gasteiger partial charge in [0.05, 0.1) is 12.5 Å². The maximum absolute atomic E-state index is 13.2. The molecule has 1 unspecified atom stereocenters. The van der Waals surface area contributed by atoms with Crippen molar-refractivity contribution in [2.24, 2.45) is 0 Å². The predicted octanol–water partition coefficient (Wildman–Crippen LogP) is 4.33. The van der Waals surface area contributed by atoms with Gasteiger partial charge in [0.25, 0.3) is 0 Å². The van der Waals surface area contributed by atoms with E-state index >= 15 is 0 Å². The number of para-hydroxylation sites is 1. The fourth-order valence-electron chi connectivity index (χ4n) is 2.56. The third-order valence-electron chi connectivity index (χ3n) is 4.08. The van der Waals surface area contributed by atoms with Crippen LogP contribution >= 0.6 is 0 Å². The summed E-state index contributed by atoms with van der Waals surface area (Å²) in [7, 11) is 1.74. The van der Waals surface area contributed by atoms with Crippen LogP contribution in [0, 0.1) is 5.82 Å². The standard InChI is InChI=1S/C19H18FNO2/c1-13(18-12-15-7-3-4-9-17(15)23-18)21(2)19(22)11-14-6-5-8-16(20)10-14/h3-10,12-13H,11H2,1-2H3. The zero-order valence-corrected chi connectivity index (χ0v) is 13.1. The molecule has 0 aliphatic rings. The molecule has 0 spiro atoms. The first kappa shape index (κ1) is 15.3. The first-order valence-electron chi connectivity index (χ1n) is 7.53. The Kier molecular flexibility index (Phi) is 4.15. The largest absolute Gasteiger partial charge is 0.459 e. The first-order valence-corrected chi connectivity index (χ1v) is 7.53. The normalized spacial score (nSPS) is 12.3. The highest BCUT2D eigenvalue weighted by Crippen LogP contribution is 2.27. The summed E-state index contributed by atoms with van der Waals surface area (Å²) in [6, 6.07) is 15.6. The molecule has 0 N–H and O–H groups in total. The fraction of sp³-hybridized carbons (Fsp3) is 0.211. The second-order valence-electron chi connectivity index (χ2n) is 5.67. The monoisotopic (exact) mass is 311 g/mol. The maximum Gasteiger partial charge on any atom is 0.227 e. The zero-order valence-electron chi connectivity index (χ0n) is 13.1. The summed E-state index contributed by atoms with van der Waals surface area (Å²) in [6.45, 7) is 1.92. The Hall–Kier alpha value is -2.62. The average molecular weight is 311 g/mol. The summed E-state index contributed by atoms with van der Waals surface area (Å²) in [5.74, 6) is 0.327. The molecule has 0 aliphatic heterocycles. The number of halogens is 1. The van der Waals surface area contributed by atoms with E-state index in [1.165, 1.54) is 12.1 Å². The Morgan fingerprint density at radius 2 is 1.96 bits per heavy atom. The van der Waals surface area contributed by atoms with Crippen molar-refractivity contribution < 1.29 is 13.6 Å². The number of carbonyl (C=O) groups excluding carboxylic acids is 1. The van der Waals surface area contributed by atoms with Gasteiger partial charge in [-0.05, 0) is 36.8 Å². The highest BCUT2D eigenvalue weighted by Gasteiger charge is 2.21. The Morgan fingerprint density at radius 3 is 2.70 bits per heavy atom. The quantitative estimate of drug-likeness (QED) is 0.718. The summed E-state index contributed by atoms with van der Waals surface area (Å²) >= 11 is 0. The number of likely N-dealkylation sites (N-methyl/N-ethyl adjacent to an activating group) is 1. The van der Waals surface area contributed by atoms with Crippen molar-refractivity contribution in [2.75, 3.05) is 7.05 Å². The number of rotatable bonds is 4. The molecule has 1 heterocycles. The number of nitrogens with zero attached hydrogens (tertiary/aromatic N) is 1. The van der Waals surface area contributed by atoms with E-state index in [-0.39, 0.29) is 24.2 Å². The van der Waals surface area contributed by atoms with E-state index in [4.69, 9.17) is 4.42 Å². The summed E-state index contributed by atoms with van der Waals surface area (Å²) in [5.41, 5.74) is 1.47. The molecular weight excluding hydrogens is 293 g/mol. The molecule has 0 saturated heterocycles. The van der Waals surface area contributed by atoms with E-state index < -0.39 is 0 Å². The van der Waals surface area contributed by atoms with E-state index in [1.807, 2.05) is 37.3 Å². The van der Waals surface area contributed by atoms with E-state index in [2.05, 4.69) is 0 Å². The minimum atomic E-state index is -0.330. The lowest BCUT2D eigenvalue weighted by atomic mass is 10.1. The third-order valence-corrected chi connectivity index (χ3v) is 4.08. The molecule has 1 amide bonds. The van der Waals surface area contributed by atoms with Crippen molar-refractivity contribution in [2.45, 2.75) is 19.4 Å². The van der Waals surface area contributed by atoms with Crippen LogP contribution in [-0.2, 0) is 11.2 Å². The van der Waals surface area contributed by atoms with Gasteiger partial charge in [0.1, 0.15) is 17.2 Å². The zero-order chi connectivity index (χ0) is 16.4. The van der Waals surface area contributed by atoms with Gasteiger partial charge in [-0.1, -0.05) is 30.3 Å². The minimum Gasteiger partial charge on any atom is -0.459 e. The highest BCUT2D eigenvalue weighted by molar-refractivity contribution is 5.80. The lowest BCUT2D eigenvalue weighted by Gasteiger charge is -2.23. The smallest absolute Gasteiger partial charge is 0.227 e. The van der Waals surface area contributed by atoms with Gasteiger partial charge in [0, 0.05) is 12.4 Å². The van der Waals surface area contributed by atoms with Crippen LogP contribution in [0.2, 0.25) is 0 Å². The maximum atomic E-state index is 13.2. The molecule has 0 aliphatic carbocycles. The molecule has 4 heteroatoms. The first-order chi connectivity index (χ1) is 11.0. The lowest BCUT2D eigenvalue weighted by Crippen LogP contribution is -2.30. The van der Waals surface area contributed by atoms with Crippen LogP contribution in [-0.4, -0.2) is 17.9 Å². The highest BCUT2D eigenvalue weighted by atomic mass is 19.1. The summed E-state index contributed by atoms with van der Waals surface area (Å²) in [5, 5.41) is 1.01. The van der Waals surface area contributed by atoms with Crippen LogP contribution in [0.15, 0.2) is 59.0 Å². The van der Waals surface area contributed by atoms with Crippen LogP contribution in [0.1, 0.15) is 24.3 Å². The van der Waals surface area contributed by atoms with Crippen molar-refractivity contribution in [3.63, 3.8) is 0 Å². The molecule has 2 aromatic carbocycles. The van der Waals surface area contributed by atoms with Gasteiger partial charge in [-0.25, -0.2) is 4.39 Å². The van der Waals surface area contributed by atoms with Crippen molar-refractivity contribution >= 4 is 16.9 Å². The Labute approximate surface area is 134 Å². The van der Waals surface area contributed by atoms with Gasteiger partial charge < -0.3 is 9.32 Å². The molecule has 3 nitrogen and oxygen atoms in total. The number of fused-ring (bicyclic) bond motifs is 1. The van der Waals surface area contributed by atoms with Gasteiger partial charge in [0.2, 0.25) is 5.91 Å². The van der Waals surface area contributed by atoms with Gasteiger partial charge in [0.15, 0.2) is 0 Å². The Morgan fingerprint density at radius 1 is 1.17 bits per heavy atom. The van der Waals surface area contributed by atoms with Crippen LogP contribution in [0.5, 0.6) is 0 Å². The fourth-order valence-corrected chi connectivity index (χ4v) is 2.56. The lowest BCUT2D eigenvalue weighted by molar-refractivity contribution is -0.131. The SMILES string of the molecule is CC(c1cc2ccccc2o1)N(C)C(=O)Cc1cccc(F)c1. The molecule has 3 rings (SSSR count). The number of carbonyl (C=O) groups is 1. The molecule has 0 saturated carbocycles. The number of amides is 1. The van der Waals surface area contributed by atoms with Crippen LogP contribution in [0.25, 0.3) is 11.0 Å². The molecule has 0 radical (unpaired) electrons. The molecule has 118 valence electrons. The van der Waals surface area contributed by atoms with Gasteiger partial charge >= 0.3 is 0 Å². The predicted molar refractivity (Wildman–Crippen MR) is 87.5 cm³/mol. The summed E-state index contributed by atoms with van der Waals surface area (Å²) in [4.78, 5) is 14.0. The van der Waals surface area contributed by atoms with Gasteiger partial charge in [-0.15, -0.1) is 0 Å². The third kappa shape index (κ3) is 3.26. The molecule has 3 aromatic rings. The molecule has 0 fully saturated rings. The molecule has 23 heavy (non-hydrogen) atoms. The molecule has 1 aromatic heterocycles. The Bertz CT molecular complexity index is 807. The second-order valence-corrected chi connectivity index (χ2v) is 5.67. The van der Waals surface area contributed by atoms with Gasteiger partial charge in [-0.2, -0.15) is 0 Å². The minimum absolute atomic E-state index is 0.0800. The van der Waals surface area contributed by atoms with Crippen molar-refractivity contribution in [3.05, 3.63) is 71.7 Å². The number of benzene rings is 2. The van der Waals surface area contributed by atoms with E-state index in [9.17, 15) is 9.18 Å². The van der Waals surface area contributed by atoms with Gasteiger partial charge in [-0.3, -0.25) is 4.79 Å². The summed E-state index contributed by atoms with van der Waals surface area (Å²) < 4.78 is 19.0. The van der Waals surface area contributed by atoms with Crippen LogP contribution in [0.3, 0.4) is 0 Å². The topological polar surface area (TPSA) is 33.5 Å². The summed E-state index contributed by atoms with van der Waals surface area (Å²) in [6.07, 6.45) is 0.166.